The molecular weight excluding hydrogens is 460 g/mol. The van der Waals surface area contributed by atoms with Crippen molar-refractivity contribution in [3.63, 3.8) is 0 Å². The van der Waals surface area contributed by atoms with Crippen LogP contribution in [-0.4, -0.2) is 28.6 Å². The van der Waals surface area contributed by atoms with Crippen LogP contribution in [-0.2, 0) is 19.7 Å². The summed E-state index contributed by atoms with van der Waals surface area (Å²) in [5.41, 5.74) is 2.91. The highest BCUT2D eigenvalue weighted by Crippen LogP contribution is 2.32. The number of allylic oxidation sites excluding steroid dienone is 1. The van der Waals surface area contributed by atoms with E-state index in [1.54, 1.807) is 0 Å². The average molecular weight is 507 g/mol. The van der Waals surface area contributed by atoms with Crippen LogP contribution in [0.1, 0.15) is 83.8 Å². The summed E-state index contributed by atoms with van der Waals surface area (Å²) >= 11 is 0. The maximum Gasteiger partial charge on any atom is 0.500 e. The Kier molecular flexibility index (Phi) is 12.2. The first-order valence-electron chi connectivity index (χ1n) is 14.2. The zero-order valence-electron chi connectivity index (χ0n) is 23.0. The number of hydrogen-bond acceptors (Lipinski definition) is 3. The number of hydrogen-bond donors (Lipinski definition) is 0. The van der Waals surface area contributed by atoms with E-state index in [9.17, 15) is 0 Å². The maximum atomic E-state index is 5.83. The first-order chi connectivity index (χ1) is 17.7. The van der Waals surface area contributed by atoms with Gasteiger partial charge < -0.3 is 13.3 Å². The van der Waals surface area contributed by atoms with Crippen molar-refractivity contribution in [3.8, 4) is 0 Å². The minimum Gasteiger partial charge on any atom is -0.374 e. The zero-order valence-corrected chi connectivity index (χ0v) is 24.0. The van der Waals surface area contributed by atoms with Gasteiger partial charge in [-0.05, 0) is 72.7 Å². The second kappa shape index (κ2) is 15.3. The smallest absolute Gasteiger partial charge is 0.374 e. The molecule has 4 heteroatoms. The second-order valence-corrected chi connectivity index (χ2v) is 12.2. The molecule has 0 saturated heterocycles. The van der Waals surface area contributed by atoms with Crippen LogP contribution in [0.4, 0.5) is 0 Å². The molecule has 0 saturated carbocycles. The number of aryl methyl sites for hydroxylation is 1. The third kappa shape index (κ3) is 7.76. The van der Waals surface area contributed by atoms with Gasteiger partial charge >= 0.3 is 8.80 Å². The average Bonchev–Trinajstić information content (AvgIpc) is 2.91. The SMILES string of the molecule is C1=Cc2c(ccc3c2ccc2ccccc23)CC1.CCCCCCCC[Si](OCC)(OCC)OCC. The van der Waals surface area contributed by atoms with Crippen molar-refractivity contribution in [3.05, 3.63) is 65.7 Å². The summed E-state index contributed by atoms with van der Waals surface area (Å²) < 4.78 is 17.5. The molecule has 0 unspecified atom stereocenters. The molecule has 196 valence electrons. The summed E-state index contributed by atoms with van der Waals surface area (Å²) in [5.74, 6) is 0. The Bertz CT molecular complexity index is 1070. The fraction of sp³-hybridized carbons (Fsp3) is 0.500. The lowest BCUT2D eigenvalue weighted by Crippen LogP contribution is -2.45. The third-order valence-electron chi connectivity index (χ3n) is 6.85. The molecule has 0 aromatic heterocycles. The van der Waals surface area contributed by atoms with Crippen LogP contribution < -0.4 is 0 Å². The Morgan fingerprint density at radius 1 is 0.667 bits per heavy atom. The quantitative estimate of drug-likeness (QED) is 0.131. The lowest BCUT2D eigenvalue weighted by molar-refractivity contribution is 0.0706. The fourth-order valence-corrected chi connectivity index (χ4v) is 7.82. The van der Waals surface area contributed by atoms with Crippen LogP contribution in [0.2, 0.25) is 6.04 Å². The number of benzene rings is 3. The normalized spacial score (nSPS) is 13.0. The van der Waals surface area contributed by atoms with E-state index < -0.39 is 8.80 Å². The molecule has 3 aromatic carbocycles. The van der Waals surface area contributed by atoms with E-state index in [1.165, 1.54) is 77.6 Å². The Balaban J connectivity index is 0.000000201. The van der Waals surface area contributed by atoms with Crippen molar-refractivity contribution in [2.24, 2.45) is 0 Å². The monoisotopic (exact) mass is 506 g/mol. The molecule has 0 amide bonds. The molecular formula is C32H46O3Si. The lowest BCUT2D eigenvalue weighted by Gasteiger charge is -2.28. The van der Waals surface area contributed by atoms with Gasteiger partial charge in [0.15, 0.2) is 0 Å². The molecule has 0 atom stereocenters. The van der Waals surface area contributed by atoms with Crippen LogP contribution in [0.3, 0.4) is 0 Å². The summed E-state index contributed by atoms with van der Waals surface area (Å²) in [7, 11) is -2.36. The van der Waals surface area contributed by atoms with Crippen LogP contribution in [0.5, 0.6) is 0 Å². The van der Waals surface area contributed by atoms with Crippen molar-refractivity contribution in [1.82, 2.24) is 0 Å². The van der Waals surface area contributed by atoms with Gasteiger partial charge in [-0.25, -0.2) is 0 Å². The van der Waals surface area contributed by atoms with E-state index in [0.717, 1.165) is 12.5 Å². The van der Waals surface area contributed by atoms with Gasteiger partial charge in [0.25, 0.3) is 0 Å². The van der Waals surface area contributed by atoms with Crippen molar-refractivity contribution >= 4 is 36.4 Å². The van der Waals surface area contributed by atoms with Crippen molar-refractivity contribution in [2.45, 2.75) is 85.1 Å². The van der Waals surface area contributed by atoms with Gasteiger partial charge in [0.1, 0.15) is 0 Å². The molecule has 4 rings (SSSR count). The molecule has 0 heterocycles. The molecule has 0 aliphatic heterocycles. The van der Waals surface area contributed by atoms with E-state index in [0.29, 0.717) is 19.8 Å². The molecule has 36 heavy (non-hydrogen) atoms. The summed E-state index contributed by atoms with van der Waals surface area (Å²) in [6, 6.07) is 18.7. The first-order valence-corrected chi connectivity index (χ1v) is 16.1. The number of fused-ring (bicyclic) bond motifs is 5. The zero-order chi connectivity index (χ0) is 25.6. The highest BCUT2D eigenvalue weighted by Gasteiger charge is 2.39. The molecule has 3 aromatic rings. The molecule has 0 N–H and O–H groups in total. The number of unbranched alkanes of at least 4 members (excludes halogenated alkanes) is 5. The van der Waals surface area contributed by atoms with Crippen molar-refractivity contribution in [1.29, 1.82) is 0 Å². The Morgan fingerprint density at radius 2 is 1.33 bits per heavy atom. The van der Waals surface area contributed by atoms with Gasteiger partial charge in [0.2, 0.25) is 0 Å². The van der Waals surface area contributed by atoms with Crippen LogP contribution in [0, 0.1) is 0 Å². The highest BCUT2D eigenvalue weighted by molar-refractivity contribution is 6.60. The van der Waals surface area contributed by atoms with E-state index in [-0.39, 0.29) is 0 Å². The lowest BCUT2D eigenvalue weighted by atomic mass is 9.90. The minimum atomic E-state index is -2.36. The van der Waals surface area contributed by atoms with E-state index in [1.807, 2.05) is 20.8 Å². The summed E-state index contributed by atoms with van der Waals surface area (Å²) in [4.78, 5) is 0. The molecule has 0 fully saturated rings. The van der Waals surface area contributed by atoms with Crippen molar-refractivity contribution < 1.29 is 13.3 Å². The second-order valence-electron chi connectivity index (χ2n) is 9.46. The number of rotatable bonds is 13. The molecule has 1 aliphatic rings. The first kappa shape index (κ1) is 28.6. The van der Waals surface area contributed by atoms with Gasteiger partial charge in [-0.1, -0.05) is 99.7 Å². The predicted octanol–water partition coefficient (Wildman–Crippen LogP) is 9.35. The Hall–Kier alpha value is -1.98. The topological polar surface area (TPSA) is 27.7 Å². The summed E-state index contributed by atoms with van der Waals surface area (Å²) in [6.45, 7) is 10.3. The van der Waals surface area contributed by atoms with E-state index >= 15 is 0 Å². The summed E-state index contributed by atoms with van der Waals surface area (Å²) in [6.07, 6.45) is 14.7. The summed E-state index contributed by atoms with van der Waals surface area (Å²) in [5, 5.41) is 5.45. The largest absolute Gasteiger partial charge is 0.500 e. The predicted molar refractivity (Wildman–Crippen MR) is 158 cm³/mol. The van der Waals surface area contributed by atoms with Gasteiger partial charge in [-0.15, -0.1) is 0 Å². The van der Waals surface area contributed by atoms with E-state index in [4.69, 9.17) is 13.3 Å². The molecule has 0 radical (unpaired) electrons. The Morgan fingerprint density at radius 3 is 2.06 bits per heavy atom. The maximum absolute atomic E-state index is 5.83. The Labute approximate surface area is 220 Å². The van der Waals surface area contributed by atoms with Gasteiger partial charge in [-0.2, -0.15) is 0 Å². The minimum absolute atomic E-state index is 0.683. The van der Waals surface area contributed by atoms with Gasteiger partial charge in [0, 0.05) is 25.9 Å². The molecule has 3 nitrogen and oxygen atoms in total. The van der Waals surface area contributed by atoms with E-state index in [2.05, 4.69) is 67.6 Å². The van der Waals surface area contributed by atoms with Gasteiger partial charge in [-0.3, -0.25) is 0 Å². The van der Waals surface area contributed by atoms with Crippen LogP contribution in [0.25, 0.3) is 27.6 Å². The van der Waals surface area contributed by atoms with Crippen LogP contribution >= 0.6 is 0 Å². The highest BCUT2D eigenvalue weighted by atomic mass is 28.4. The van der Waals surface area contributed by atoms with Gasteiger partial charge in [0.05, 0.1) is 0 Å². The van der Waals surface area contributed by atoms with Crippen LogP contribution in [0.15, 0.2) is 54.6 Å². The van der Waals surface area contributed by atoms with Crippen molar-refractivity contribution in [2.75, 3.05) is 19.8 Å². The standard InChI is InChI=1S/C18H14.C14H32O3Si/c1-3-7-15-13(5-1)9-11-18-16-8-4-2-6-14(16)10-12-17(15)18;1-5-9-10-11-12-13-14-18(15-6-2,16-7-3)17-8-4/h1,3-5,7-12H,2,6H2;5-14H2,1-4H3. The fourth-order valence-electron chi connectivity index (χ4n) is 5.13. The molecule has 1 aliphatic carbocycles. The third-order valence-corrected chi connectivity index (χ3v) is 10.0. The molecule has 0 bridgehead atoms. The molecule has 0 spiro atoms.